The summed E-state index contributed by atoms with van der Waals surface area (Å²) in [7, 11) is 0. The third-order valence-corrected chi connectivity index (χ3v) is 5.70. The Hall–Kier alpha value is -1.65. The summed E-state index contributed by atoms with van der Waals surface area (Å²) >= 11 is 0. The summed E-state index contributed by atoms with van der Waals surface area (Å²) < 4.78 is 1.82. The first-order chi connectivity index (χ1) is 11.3. The highest BCUT2D eigenvalue weighted by Gasteiger charge is 2.54. The molecule has 2 aromatic rings. The van der Waals surface area contributed by atoms with E-state index in [0.717, 1.165) is 19.0 Å². The van der Waals surface area contributed by atoms with Crippen LogP contribution < -0.4 is 0 Å². The number of aliphatic hydroxyl groups excluding tert-OH is 1. The van der Waals surface area contributed by atoms with Gasteiger partial charge in [0.15, 0.2) is 0 Å². The Bertz CT molecular complexity index is 627. The van der Waals surface area contributed by atoms with Crippen molar-refractivity contribution in [1.82, 2.24) is 14.7 Å². The zero-order valence-electron chi connectivity index (χ0n) is 13.5. The SMILES string of the molecule is O[C@H](CN1C[C@H]2CCCC[C@]21c1ccccc1)Cn1cccn1. The number of aromatic nitrogens is 2. The summed E-state index contributed by atoms with van der Waals surface area (Å²) in [6, 6.07) is 12.8. The Morgan fingerprint density at radius 2 is 2.04 bits per heavy atom. The van der Waals surface area contributed by atoms with Crippen LogP contribution in [0.15, 0.2) is 48.8 Å². The zero-order chi connectivity index (χ0) is 15.7. The van der Waals surface area contributed by atoms with Crippen LogP contribution in [0.1, 0.15) is 31.2 Å². The second-order valence-corrected chi connectivity index (χ2v) is 7.02. The minimum absolute atomic E-state index is 0.157. The smallest absolute Gasteiger partial charge is 0.0863 e. The highest BCUT2D eigenvalue weighted by Crippen LogP contribution is 2.53. The van der Waals surface area contributed by atoms with E-state index in [1.54, 1.807) is 6.20 Å². The zero-order valence-corrected chi connectivity index (χ0v) is 13.5. The largest absolute Gasteiger partial charge is 0.390 e. The molecule has 1 aromatic heterocycles. The normalized spacial score (nSPS) is 28.8. The van der Waals surface area contributed by atoms with Gasteiger partial charge in [0.2, 0.25) is 0 Å². The van der Waals surface area contributed by atoms with Gasteiger partial charge in [-0.25, -0.2) is 0 Å². The Morgan fingerprint density at radius 1 is 1.17 bits per heavy atom. The third kappa shape index (κ3) is 2.60. The topological polar surface area (TPSA) is 41.3 Å². The second-order valence-electron chi connectivity index (χ2n) is 7.02. The van der Waals surface area contributed by atoms with Crippen molar-refractivity contribution < 1.29 is 5.11 Å². The van der Waals surface area contributed by atoms with Gasteiger partial charge in [0, 0.05) is 25.5 Å². The Labute approximate surface area is 137 Å². The molecule has 4 heteroatoms. The number of hydrogen-bond donors (Lipinski definition) is 1. The van der Waals surface area contributed by atoms with Gasteiger partial charge in [-0.3, -0.25) is 9.58 Å². The van der Waals surface area contributed by atoms with Gasteiger partial charge in [-0.2, -0.15) is 5.10 Å². The molecule has 0 spiro atoms. The summed E-state index contributed by atoms with van der Waals surface area (Å²) in [5.41, 5.74) is 1.59. The van der Waals surface area contributed by atoms with E-state index in [0.29, 0.717) is 6.54 Å². The average molecular weight is 311 g/mol. The van der Waals surface area contributed by atoms with E-state index < -0.39 is 0 Å². The summed E-state index contributed by atoms with van der Waals surface area (Å²) in [6.45, 7) is 2.41. The molecule has 1 aliphatic carbocycles. The predicted molar refractivity (Wildman–Crippen MR) is 89.9 cm³/mol. The molecule has 4 rings (SSSR count). The first kappa shape index (κ1) is 14.9. The molecule has 2 heterocycles. The molecular weight excluding hydrogens is 286 g/mol. The molecule has 2 fully saturated rings. The van der Waals surface area contributed by atoms with Crippen molar-refractivity contribution in [3.05, 3.63) is 54.4 Å². The molecule has 1 N–H and O–H groups in total. The van der Waals surface area contributed by atoms with Crippen LogP contribution in [0.4, 0.5) is 0 Å². The summed E-state index contributed by atoms with van der Waals surface area (Å²) in [5, 5.41) is 14.7. The third-order valence-electron chi connectivity index (χ3n) is 5.70. The number of fused-ring (bicyclic) bond motifs is 1. The van der Waals surface area contributed by atoms with Gasteiger partial charge < -0.3 is 5.11 Å². The summed E-state index contributed by atoms with van der Waals surface area (Å²) in [5.74, 6) is 0.746. The number of rotatable bonds is 5. The summed E-state index contributed by atoms with van der Waals surface area (Å²) in [6.07, 6.45) is 8.48. The first-order valence-electron chi connectivity index (χ1n) is 8.75. The molecule has 1 saturated heterocycles. The number of nitrogens with zero attached hydrogens (tertiary/aromatic N) is 3. The molecule has 1 saturated carbocycles. The fourth-order valence-corrected chi connectivity index (χ4v) is 4.67. The molecule has 1 aliphatic heterocycles. The molecule has 3 atom stereocenters. The number of aliphatic hydroxyl groups is 1. The van der Waals surface area contributed by atoms with Crippen LogP contribution in [0.3, 0.4) is 0 Å². The van der Waals surface area contributed by atoms with E-state index in [9.17, 15) is 5.11 Å². The van der Waals surface area contributed by atoms with Gasteiger partial charge >= 0.3 is 0 Å². The molecule has 0 unspecified atom stereocenters. The van der Waals surface area contributed by atoms with E-state index in [4.69, 9.17) is 0 Å². The molecule has 1 aromatic carbocycles. The molecule has 0 bridgehead atoms. The minimum Gasteiger partial charge on any atom is -0.390 e. The second kappa shape index (κ2) is 6.10. The standard InChI is InChI=1S/C19H25N3O/c23-18(15-22-12-6-11-20-22)14-21-13-17-9-4-5-10-19(17,21)16-7-2-1-3-8-16/h1-3,6-8,11-12,17-18,23H,4-5,9-10,13-15H2/t17-,18-,19+/m1/s1. The maximum atomic E-state index is 10.5. The fourth-order valence-electron chi connectivity index (χ4n) is 4.67. The van der Waals surface area contributed by atoms with E-state index in [1.807, 2.05) is 16.9 Å². The Morgan fingerprint density at radius 3 is 2.78 bits per heavy atom. The van der Waals surface area contributed by atoms with Crippen LogP contribution in [-0.4, -0.2) is 39.0 Å². The lowest BCUT2D eigenvalue weighted by Crippen LogP contribution is -2.67. The van der Waals surface area contributed by atoms with E-state index in [2.05, 4.69) is 40.3 Å². The van der Waals surface area contributed by atoms with Crippen molar-refractivity contribution in [1.29, 1.82) is 0 Å². The molecule has 122 valence electrons. The van der Waals surface area contributed by atoms with Crippen molar-refractivity contribution in [2.45, 2.75) is 43.9 Å². The van der Waals surface area contributed by atoms with Crippen molar-refractivity contribution in [2.75, 3.05) is 13.1 Å². The van der Waals surface area contributed by atoms with Crippen LogP contribution in [0.2, 0.25) is 0 Å². The van der Waals surface area contributed by atoms with Gasteiger partial charge in [0.05, 0.1) is 18.2 Å². The van der Waals surface area contributed by atoms with Gasteiger partial charge in [-0.05, 0) is 30.4 Å². The van der Waals surface area contributed by atoms with Gasteiger partial charge in [-0.15, -0.1) is 0 Å². The van der Waals surface area contributed by atoms with E-state index in [1.165, 1.54) is 31.2 Å². The highest BCUT2D eigenvalue weighted by molar-refractivity contribution is 5.30. The first-order valence-corrected chi connectivity index (χ1v) is 8.75. The van der Waals surface area contributed by atoms with Gasteiger partial charge in [-0.1, -0.05) is 43.2 Å². The van der Waals surface area contributed by atoms with Gasteiger partial charge in [0.1, 0.15) is 0 Å². The van der Waals surface area contributed by atoms with Crippen molar-refractivity contribution >= 4 is 0 Å². The van der Waals surface area contributed by atoms with Crippen LogP contribution in [0.5, 0.6) is 0 Å². The number of likely N-dealkylation sites (tertiary alicyclic amines) is 1. The van der Waals surface area contributed by atoms with E-state index >= 15 is 0 Å². The fraction of sp³-hybridized carbons (Fsp3) is 0.526. The van der Waals surface area contributed by atoms with Crippen molar-refractivity contribution in [2.24, 2.45) is 5.92 Å². The maximum Gasteiger partial charge on any atom is 0.0863 e. The number of β-amino-alcohol motifs (C(OH)–C–C–N with tert-alkyl or cyclic N) is 1. The number of benzene rings is 1. The lowest BCUT2D eigenvalue weighted by molar-refractivity contribution is -0.131. The van der Waals surface area contributed by atoms with Gasteiger partial charge in [0.25, 0.3) is 0 Å². The lowest BCUT2D eigenvalue weighted by Gasteiger charge is -2.62. The maximum absolute atomic E-state index is 10.5. The molecule has 0 amide bonds. The molecule has 4 nitrogen and oxygen atoms in total. The average Bonchev–Trinajstić information content (AvgIpc) is 3.06. The molecule has 2 aliphatic rings. The lowest BCUT2D eigenvalue weighted by atomic mass is 9.61. The quantitative estimate of drug-likeness (QED) is 0.923. The van der Waals surface area contributed by atoms with Crippen molar-refractivity contribution in [3.63, 3.8) is 0 Å². The monoisotopic (exact) mass is 311 g/mol. The highest BCUT2D eigenvalue weighted by atomic mass is 16.3. The van der Waals surface area contributed by atoms with Crippen LogP contribution >= 0.6 is 0 Å². The van der Waals surface area contributed by atoms with Crippen molar-refractivity contribution in [3.8, 4) is 0 Å². The van der Waals surface area contributed by atoms with Crippen LogP contribution in [0.25, 0.3) is 0 Å². The van der Waals surface area contributed by atoms with Crippen LogP contribution in [0, 0.1) is 5.92 Å². The minimum atomic E-state index is -0.377. The Balaban J connectivity index is 1.52. The molecule has 0 radical (unpaired) electrons. The van der Waals surface area contributed by atoms with Crippen LogP contribution in [-0.2, 0) is 12.1 Å². The van der Waals surface area contributed by atoms with E-state index in [-0.39, 0.29) is 11.6 Å². The number of hydrogen-bond acceptors (Lipinski definition) is 3. The molecule has 23 heavy (non-hydrogen) atoms. The molecular formula is C19H25N3O. The Kier molecular flexibility index (Phi) is 3.95. The summed E-state index contributed by atoms with van der Waals surface area (Å²) in [4.78, 5) is 2.51. The predicted octanol–water partition coefficient (Wildman–Crippen LogP) is 2.65.